The van der Waals surface area contributed by atoms with Crippen molar-refractivity contribution in [3.05, 3.63) is 58.8 Å². The molecule has 3 rings (SSSR count). The number of benzene rings is 2. The predicted octanol–water partition coefficient (Wildman–Crippen LogP) is 4.74. The van der Waals surface area contributed by atoms with E-state index in [0.717, 1.165) is 16.5 Å². The highest BCUT2D eigenvalue weighted by molar-refractivity contribution is 6.31. The van der Waals surface area contributed by atoms with E-state index < -0.39 is 0 Å². The van der Waals surface area contributed by atoms with E-state index in [1.54, 1.807) is 57.9 Å². The number of fused-ring (bicyclic) bond motifs is 1. The zero-order valence-corrected chi connectivity index (χ0v) is 15.4. The molecule has 0 aliphatic heterocycles. The number of aromatic nitrogens is 1. The quantitative estimate of drug-likeness (QED) is 0.502. The minimum Gasteiger partial charge on any atom is -0.493 e. The molecule has 0 saturated heterocycles. The van der Waals surface area contributed by atoms with Gasteiger partial charge in [0.1, 0.15) is 0 Å². The van der Waals surface area contributed by atoms with Crippen LogP contribution in [0.25, 0.3) is 17.0 Å². The number of nitrogens with one attached hydrogen (secondary N) is 1. The number of hydrogen-bond acceptors (Lipinski definition) is 4. The number of hydrogen-bond donors (Lipinski definition) is 1. The second-order valence-electron chi connectivity index (χ2n) is 5.55. The van der Waals surface area contributed by atoms with Crippen LogP contribution in [-0.4, -0.2) is 32.1 Å². The number of aromatic amines is 1. The van der Waals surface area contributed by atoms with Crippen LogP contribution in [0.3, 0.4) is 0 Å². The Morgan fingerprint density at radius 3 is 2.35 bits per heavy atom. The molecule has 0 radical (unpaired) electrons. The first-order chi connectivity index (χ1) is 12.6. The summed E-state index contributed by atoms with van der Waals surface area (Å²) in [6.45, 7) is 0. The summed E-state index contributed by atoms with van der Waals surface area (Å²) in [7, 11) is 4.64. The lowest BCUT2D eigenvalue weighted by Gasteiger charge is -2.12. The second-order valence-corrected chi connectivity index (χ2v) is 5.98. The first kappa shape index (κ1) is 17.9. The lowest BCUT2D eigenvalue weighted by Crippen LogP contribution is -1.96. The zero-order chi connectivity index (χ0) is 18.7. The highest BCUT2D eigenvalue weighted by atomic mass is 35.5. The molecule has 0 unspecified atom stereocenters. The minimum atomic E-state index is -0.118. The normalized spacial score (nSPS) is 11.1. The van der Waals surface area contributed by atoms with Crippen molar-refractivity contribution in [3.8, 4) is 17.2 Å². The summed E-state index contributed by atoms with van der Waals surface area (Å²) in [5, 5.41) is 1.44. The molecule has 26 heavy (non-hydrogen) atoms. The van der Waals surface area contributed by atoms with Gasteiger partial charge in [-0.15, -0.1) is 0 Å². The smallest absolute Gasteiger partial charge is 0.203 e. The van der Waals surface area contributed by atoms with Crippen molar-refractivity contribution in [2.24, 2.45) is 0 Å². The third kappa shape index (κ3) is 3.39. The van der Waals surface area contributed by atoms with E-state index in [-0.39, 0.29) is 5.78 Å². The molecule has 6 heteroatoms. The number of ketones is 1. The number of methoxy groups -OCH3 is 3. The van der Waals surface area contributed by atoms with Crippen LogP contribution in [0.4, 0.5) is 0 Å². The Kier molecular flexibility index (Phi) is 5.19. The number of halogens is 1. The van der Waals surface area contributed by atoms with E-state index in [1.165, 1.54) is 6.08 Å². The zero-order valence-electron chi connectivity index (χ0n) is 14.6. The van der Waals surface area contributed by atoms with Crippen LogP contribution in [-0.2, 0) is 0 Å². The van der Waals surface area contributed by atoms with Crippen molar-refractivity contribution in [3.63, 3.8) is 0 Å². The standard InChI is InChI=1S/C20H18ClNO4/c1-24-18-8-12(9-19(25-2)20(18)26-3)4-7-17(23)15-11-22-16-10-13(21)5-6-14(15)16/h4-11,22H,1-3H3/b7-4+. The summed E-state index contributed by atoms with van der Waals surface area (Å²) in [6.07, 6.45) is 4.91. The number of carbonyl (C=O) groups is 1. The van der Waals surface area contributed by atoms with Crippen LogP contribution in [0.15, 0.2) is 42.6 Å². The van der Waals surface area contributed by atoms with E-state index in [4.69, 9.17) is 25.8 Å². The van der Waals surface area contributed by atoms with Gasteiger partial charge in [-0.05, 0) is 35.9 Å². The van der Waals surface area contributed by atoms with E-state index in [1.807, 2.05) is 6.07 Å². The summed E-state index contributed by atoms with van der Waals surface area (Å²) in [6, 6.07) is 8.93. The van der Waals surface area contributed by atoms with Crippen LogP contribution in [0.5, 0.6) is 17.2 Å². The van der Waals surface area contributed by atoms with Gasteiger partial charge in [-0.3, -0.25) is 4.79 Å². The second kappa shape index (κ2) is 7.54. The average Bonchev–Trinajstić information content (AvgIpc) is 3.08. The fraction of sp³-hybridized carbons (Fsp3) is 0.150. The highest BCUT2D eigenvalue weighted by Gasteiger charge is 2.13. The third-order valence-corrected chi connectivity index (χ3v) is 4.26. The van der Waals surface area contributed by atoms with Crippen LogP contribution >= 0.6 is 11.6 Å². The van der Waals surface area contributed by atoms with Gasteiger partial charge in [0.15, 0.2) is 17.3 Å². The van der Waals surface area contributed by atoms with Crippen LogP contribution in [0.1, 0.15) is 15.9 Å². The van der Waals surface area contributed by atoms with Crippen molar-refractivity contribution in [2.75, 3.05) is 21.3 Å². The predicted molar refractivity (Wildman–Crippen MR) is 103 cm³/mol. The topological polar surface area (TPSA) is 60.6 Å². The summed E-state index contributed by atoms with van der Waals surface area (Å²) in [4.78, 5) is 15.6. The Morgan fingerprint density at radius 1 is 1.04 bits per heavy atom. The molecule has 0 spiro atoms. The Bertz CT molecular complexity index is 966. The molecule has 0 fully saturated rings. The van der Waals surface area contributed by atoms with Crippen molar-refractivity contribution in [1.29, 1.82) is 0 Å². The first-order valence-electron chi connectivity index (χ1n) is 7.86. The average molecular weight is 372 g/mol. The Hall–Kier alpha value is -2.92. The van der Waals surface area contributed by atoms with Crippen molar-refractivity contribution < 1.29 is 19.0 Å². The molecule has 0 aliphatic rings. The maximum atomic E-state index is 12.6. The Balaban J connectivity index is 1.92. The highest BCUT2D eigenvalue weighted by Crippen LogP contribution is 2.38. The van der Waals surface area contributed by atoms with Crippen molar-refractivity contribution >= 4 is 34.4 Å². The van der Waals surface area contributed by atoms with Gasteiger partial charge in [-0.1, -0.05) is 23.7 Å². The molecule has 0 saturated carbocycles. The SMILES string of the molecule is COc1cc(/C=C/C(=O)c2c[nH]c3cc(Cl)ccc23)cc(OC)c1OC. The molecule has 0 atom stereocenters. The Labute approximate surface area is 156 Å². The molecule has 0 aliphatic carbocycles. The van der Waals surface area contributed by atoms with Crippen molar-refractivity contribution in [1.82, 2.24) is 4.98 Å². The van der Waals surface area contributed by atoms with Gasteiger partial charge >= 0.3 is 0 Å². The van der Waals surface area contributed by atoms with Crippen LogP contribution in [0, 0.1) is 0 Å². The lowest BCUT2D eigenvalue weighted by molar-refractivity contribution is 0.104. The molecule has 0 amide bonds. The molecule has 1 heterocycles. The number of rotatable bonds is 6. The number of allylic oxidation sites excluding steroid dienone is 1. The molecular formula is C20H18ClNO4. The maximum Gasteiger partial charge on any atom is 0.203 e. The molecule has 0 bridgehead atoms. The summed E-state index contributed by atoms with van der Waals surface area (Å²) >= 11 is 5.98. The molecule has 3 aromatic rings. The van der Waals surface area contributed by atoms with Gasteiger partial charge in [-0.2, -0.15) is 0 Å². The fourth-order valence-corrected chi connectivity index (χ4v) is 2.93. The number of carbonyl (C=O) groups excluding carboxylic acids is 1. The van der Waals surface area contributed by atoms with E-state index in [9.17, 15) is 4.79 Å². The summed E-state index contributed by atoms with van der Waals surface area (Å²) in [5.74, 6) is 1.45. The Morgan fingerprint density at radius 2 is 1.73 bits per heavy atom. The minimum absolute atomic E-state index is 0.118. The molecule has 1 aromatic heterocycles. The van der Waals surface area contributed by atoms with Gasteiger partial charge in [0.05, 0.1) is 21.3 Å². The van der Waals surface area contributed by atoms with Gasteiger partial charge in [0.25, 0.3) is 0 Å². The van der Waals surface area contributed by atoms with Crippen LogP contribution < -0.4 is 14.2 Å². The van der Waals surface area contributed by atoms with Crippen molar-refractivity contribution in [2.45, 2.75) is 0 Å². The number of ether oxygens (including phenoxy) is 3. The van der Waals surface area contributed by atoms with Gasteiger partial charge in [0.2, 0.25) is 5.75 Å². The molecular weight excluding hydrogens is 354 g/mol. The maximum absolute atomic E-state index is 12.6. The molecule has 1 N–H and O–H groups in total. The summed E-state index contributed by atoms with van der Waals surface area (Å²) < 4.78 is 16.0. The van der Waals surface area contributed by atoms with Gasteiger partial charge in [0, 0.05) is 27.7 Å². The molecule has 2 aromatic carbocycles. The van der Waals surface area contributed by atoms with E-state index >= 15 is 0 Å². The fourth-order valence-electron chi connectivity index (χ4n) is 2.76. The first-order valence-corrected chi connectivity index (χ1v) is 8.24. The molecule has 134 valence electrons. The van der Waals surface area contributed by atoms with Gasteiger partial charge < -0.3 is 19.2 Å². The van der Waals surface area contributed by atoms with E-state index in [2.05, 4.69) is 4.98 Å². The number of H-pyrrole nitrogens is 1. The van der Waals surface area contributed by atoms with E-state index in [0.29, 0.717) is 27.8 Å². The summed E-state index contributed by atoms with van der Waals surface area (Å²) in [5.41, 5.74) is 2.16. The van der Waals surface area contributed by atoms with Crippen LogP contribution in [0.2, 0.25) is 5.02 Å². The van der Waals surface area contributed by atoms with Gasteiger partial charge in [-0.25, -0.2) is 0 Å². The monoisotopic (exact) mass is 371 g/mol. The lowest BCUT2D eigenvalue weighted by atomic mass is 10.1. The largest absolute Gasteiger partial charge is 0.493 e. The third-order valence-electron chi connectivity index (χ3n) is 4.02. The molecule has 5 nitrogen and oxygen atoms in total.